The number of nitrogens with zero attached hydrogens (tertiary/aromatic N) is 1. The van der Waals surface area contributed by atoms with E-state index in [1.54, 1.807) is 6.07 Å². The van der Waals surface area contributed by atoms with E-state index in [0.717, 1.165) is 31.7 Å². The third-order valence-electron chi connectivity index (χ3n) is 4.58. The molecule has 0 saturated heterocycles. The Morgan fingerprint density at radius 1 is 1.00 bits per heavy atom. The summed E-state index contributed by atoms with van der Waals surface area (Å²) in [5.74, 6) is 0.657. The lowest BCUT2D eigenvalue weighted by atomic mass is 10.2. The lowest BCUT2D eigenvalue weighted by Crippen LogP contribution is -2.31. The molecule has 0 fully saturated rings. The quantitative estimate of drug-likeness (QED) is 0.437. The second kappa shape index (κ2) is 12.2. The summed E-state index contributed by atoms with van der Waals surface area (Å²) in [5, 5.41) is 4.22. The first kappa shape index (κ1) is 23.7. The van der Waals surface area contributed by atoms with E-state index in [2.05, 4.69) is 24.1 Å². The van der Waals surface area contributed by atoms with Crippen molar-refractivity contribution in [1.29, 1.82) is 0 Å². The second-order valence-corrected chi connectivity index (χ2v) is 7.38. The van der Waals surface area contributed by atoms with Crippen LogP contribution in [0.25, 0.3) is 0 Å². The van der Waals surface area contributed by atoms with Gasteiger partial charge in [-0.2, -0.15) is 0 Å². The lowest BCUT2D eigenvalue weighted by Gasteiger charge is -2.19. The normalized spacial score (nSPS) is 11.1. The summed E-state index contributed by atoms with van der Waals surface area (Å²) in [6.45, 7) is 11.6. The van der Waals surface area contributed by atoms with Gasteiger partial charge in [0, 0.05) is 25.2 Å². The molecule has 29 heavy (non-hydrogen) atoms. The third-order valence-corrected chi connectivity index (χ3v) is 5.22. The molecule has 2 aromatic carbocycles. The van der Waals surface area contributed by atoms with Crippen LogP contribution in [0.1, 0.15) is 31.9 Å². The average molecular weight is 443 g/mol. The Balaban J connectivity index is 2.04. The number of ether oxygens (including phenoxy) is 2. The van der Waals surface area contributed by atoms with Crippen LogP contribution >= 0.6 is 23.2 Å². The van der Waals surface area contributed by atoms with E-state index in [4.69, 9.17) is 32.7 Å². The minimum atomic E-state index is -0.385. The summed E-state index contributed by atoms with van der Waals surface area (Å²) in [7, 11) is 0. The molecular formula is C22H29Cl2FN2O2. The number of likely N-dealkylation sites (N-methyl/N-ethyl adjacent to an activating group) is 1. The molecule has 0 bridgehead atoms. The van der Waals surface area contributed by atoms with Gasteiger partial charge < -0.3 is 19.7 Å². The van der Waals surface area contributed by atoms with Gasteiger partial charge >= 0.3 is 0 Å². The largest absolute Gasteiger partial charge is 0.490 e. The Morgan fingerprint density at radius 3 is 2.41 bits per heavy atom. The van der Waals surface area contributed by atoms with Gasteiger partial charge in [0.2, 0.25) is 0 Å². The Hall–Kier alpha value is -1.53. The van der Waals surface area contributed by atoms with Crippen molar-refractivity contribution >= 4 is 23.2 Å². The summed E-state index contributed by atoms with van der Waals surface area (Å²) in [6, 6.07) is 8.01. The summed E-state index contributed by atoms with van der Waals surface area (Å²) < 4.78 is 24.8. The van der Waals surface area contributed by atoms with Gasteiger partial charge in [0.1, 0.15) is 12.4 Å². The van der Waals surface area contributed by atoms with E-state index < -0.39 is 0 Å². The average Bonchev–Trinajstić information content (AvgIpc) is 2.69. The summed E-state index contributed by atoms with van der Waals surface area (Å²) in [4.78, 5) is 2.36. The molecule has 0 aliphatic heterocycles. The van der Waals surface area contributed by atoms with Crippen molar-refractivity contribution < 1.29 is 13.9 Å². The van der Waals surface area contributed by atoms with E-state index in [0.29, 0.717) is 40.3 Å². The van der Waals surface area contributed by atoms with Gasteiger partial charge in [0.05, 0.1) is 16.7 Å². The van der Waals surface area contributed by atoms with Crippen molar-refractivity contribution in [2.75, 3.05) is 32.8 Å². The van der Waals surface area contributed by atoms with Crippen LogP contribution in [0.3, 0.4) is 0 Å². The molecule has 2 aromatic rings. The van der Waals surface area contributed by atoms with Crippen LogP contribution in [0.15, 0.2) is 30.3 Å². The molecule has 0 saturated carbocycles. The number of nitrogens with one attached hydrogen (secondary N) is 1. The van der Waals surface area contributed by atoms with Gasteiger partial charge in [-0.1, -0.05) is 43.1 Å². The molecule has 0 atom stereocenters. The zero-order valence-electron chi connectivity index (χ0n) is 17.2. The summed E-state index contributed by atoms with van der Waals surface area (Å²) >= 11 is 12.6. The van der Waals surface area contributed by atoms with Gasteiger partial charge in [-0.05, 0) is 49.8 Å². The smallest absolute Gasteiger partial charge is 0.180 e. The molecule has 0 aliphatic carbocycles. The Morgan fingerprint density at radius 2 is 1.76 bits per heavy atom. The van der Waals surface area contributed by atoms with Crippen LogP contribution in [-0.4, -0.2) is 37.7 Å². The number of halogens is 3. The van der Waals surface area contributed by atoms with Gasteiger partial charge in [-0.15, -0.1) is 0 Å². The molecule has 4 nitrogen and oxygen atoms in total. The van der Waals surface area contributed by atoms with E-state index in [1.807, 2.05) is 19.1 Å². The van der Waals surface area contributed by atoms with Crippen LogP contribution in [0.4, 0.5) is 4.39 Å². The van der Waals surface area contributed by atoms with Crippen LogP contribution in [0.2, 0.25) is 10.0 Å². The Labute approximate surface area is 182 Å². The maximum Gasteiger partial charge on any atom is 0.180 e. The molecule has 0 aliphatic rings. The molecule has 0 spiro atoms. The van der Waals surface area contributed by atoms with E-state index >= 15 is 0 Å². The molecular weight excluding hydrogens is 414 g/mol. The zero-order valence-corrected chi connectivity index (χ0v) is 18.7. The summed E-state index contributed by atoms with van der Waals surface area (Å²) in [6.07, 6.45) is 0. The fraction of sp³-hybridized carbons (Fsp3) is 0.455. The molecule has 7 heteroatoms. The predicted octanol–water partition coefficient (Wildman–Crippen LogP) is 5.54. The fourth-order valence-electron chi connectivity index (χ4n) is 2.92. The maximum atomic E-state index is 13.2. The van der Waals surface area contributed by atoms with Crippen molar-refractivity contribution in [3.8, 4) is 11.5 Å². The SMILES string of the molecule is CCOc1cc(CNCCN(CC)CC)cc(Cl)c1OCc1ccc(F)cc1Cl. The van der Waals surface area contributed by atoms with Crippen molar-refractivity contribution in [2.24, 2.45) is 0 Å². The molecule has 0 aromatic heterocycles. The minimum Gasteiger partial charge on any atom is -0.490 e. The Bertz CT molecular complexity index is 786. The highest BCUT2D eigenvalue weighted by Crippen LogP contribution is 2.37. The van der Waals surface area contributed by atoms with Gasteiger partial charge in [-0.3, -0.25) is 0 Å². The highest BCUT2D eigenvalue weighted by atomic mass is 35.5. The number of benzene rings is 2. The molecule has 1 N–H and O–H groups in total. The molecule has 0 radical (unpaired) electrons. The summed E-state index contributed by atoms with van der Waals surface area (Å²) in [5.41, 5.74) is 1.69. The first-order chi connectivity index (χ1) is 14.0. The maximum absolute atomic E-state index is 13.2. The van der Waals surface area contributed by atoms with Gasteiger partial charge in [0.15, 0.2) is 11.5 Å². The standard InChI is InChI=1S/C22H29Cl2FN2O2/c1-4-27(5-2)10-9-26-14-16-11-20(24)22(21(12-16)28-6-3)29-15-17-7-8-18(25)13-19(17)23/h7-8,11-13,26H,4-6,9-10,14-15H2,1-3H3. The van der Waals surface area contributed by atoms with E-state index in [9.17, 15) is 4.39 Å². The Kier molecular flexibility index (Phi) is 10.0. The van der Waals surface area contributed by atoms with Crippen LogP contribution in [-0.2, 0) is 13.2 Å². The molecule has 160 valence electrons. The van der Waals surface area contributed by atoms with E-state index in [-0.39, 0.29) is 12.4 Å². The van der Waals surface area contributed by atoms with Crippen LogP contribution < -0.4 is 14.8 Å². The lowest BCUT2D eigenvalue weighted by molar-refractivity contribution is 0.269. The first-order valence-electron chi connectivity index (χ1n) is 9.93. The monoisotopic (exact) mass is 442 g/mol. The van der Waals surface area contributed by atoms with Crippen molar-refractivity contribution in [1.82, 2.24) is 10.2 Å². The molecule has 0 heterocycles. The first-order valence-corrected chi connectivity index (χ1v) is 10.7. The van der Waals surface area contributed by atoms with E-state index in [1.165, 1.54) is 12.1 Å². The molecule has 2 rings (SSSR count). The van der Waals surface area contributed by atoms with Crippen molar-refractivity contribution in [3.05, 3.63) is 57.3 Å². The number of rotatable bonds is 12. The number of hydrogen-bond acceptors (Lipinski definition) is 4. The zero-order chi connectivity index (χ0) is 21.2. The predicted molar refractivity (Wildman–Crippen MR) is 118 cm³/mol. The van der Waals surface area contributed by atoms with Gasteiger partial charge in [0.25, 0.3) is 0 Å². The molecule has 0 amide bonds. The van der Waals surface area contributed by atoms with Crippen LogP contribution in [0.5, 0.6) is 11.5 Å². The second-order valence-electron chi connectivity index (χ2n) is 6.57. The minimum absolute atomic E-state index is 0.167. The molecule has 0 unspecified atom stereocenters. The van der Waals surface area contributed by atoms with Crippen LogP contribution in [0, 0.1) is 5.82 Å². The van der Waals surface area contributed by atoms with Crippen molar-refractivity contribution in [3.63, 3.8) is 0 Å². The van der Waals surface area contributed by atoms with Gasteiger partial charge in [-0.25, -0.2) is 4.39 Å². The van der Waals surface area contributed by atoms with Crippen molar-refractivity contribution in [2.45, 2.75) is 33.9 Å². The third kappa shape index (κ3) is 7.34. The number of hydrogen-bond donors (Lipinski definition) is 1. The highest BCUT2D eigenvalue weighted by Gasteiger charge is 2.14. The topological polar surface area (TPSA) is 33.7 Å². The highest BCUT2D eigenvalue weighted by molar-refractivity contribution is 6.32. The fourth-order valence-corrected chi connectivity index (χ4v) is 3.43.